The fourth-order valence-corrected chi connectivity index (χ4v) is 2.09. The molecule has 1 aromatic rings. The molecule has 0 unspecified atom stereocenters. The van der Waals surface area contributed by atoms with Crippen molar-refractivity contribution in [3.63, 3.8) is 0 Å². The van der Waals surface area contributed by atoms with Crippen LogP contribution in [0.1, 0.15) is 19.4 Å². The van der Waals surface area contributed by atoms with Gasteiger partial charge in [0.15, 0.2) is 11.5 Å². The molecule has 19 heavy (non-hydrogen) atoms. The zero-order chi connectivity index (χ0) is 14.6. The molecular formula is C15H22N2O2. The summed E-state index contributed by atoms with van der Waals surface area (Å²) < 4.78 is 10.6. The van der Waals surface area contributed by atoms with E-state index < -0.39 is 5.41 Å². The minimum absolute atomic E-state index is 0.394. The summed E-state index contributed by atoms with van der Waals surface area (Å²) in [6.07, 6.45) is 0. The van der Waals surface area contributed by atoms with Gasteiger partial charge in [-0.15, -0.1) is 0 Å². The average molecular weight is 262 g/mol. The van der Waals surface area contributed by atoms with Gasteiger partial charge in [-0.3, -0.25) is 0 Å². The monoisotopic (exact) mass is 262 g/mol. The van der Waals surface area contributed by atoms with Gasteiger partial charge in [-0.25, -0.2) is 0 Å². The summed E-state index contributed by atoms with van der Waals surface area (Å²) in [6, 6.07) is 6.21. The number of hydrogen-bond donors (Lipinski definition) is 0. The number of aryl methyl sites for hydroxylation is 1. The van der Waals surface area contributed by atoms with Crippen LogP contribution in [0.15, 0.2) is 12.1 Å². The lowest BCUT2D eigenvalue weighted by Gasteiger charge is -2.28. The summed E-state index contributed by atoms with van der Waals surface area (Å²) >= 11 is 0. The van der Waals surface area contributed by atoms with Crippen LogP contribution in [-0.4, -0.2) is 27.8 Å². The van der Waals surface area contributed by atoms with E-state index in [1.165, 1.54) is 0 Å². The molecule has 0 spiro atoms. The topological polar surface area (TPSA) is 45.5 Å². The molecule has 4 nitrogen and oxygen atoms in total. The SMILES string of the molecule is COc1cc(C)c(N(C)CC(C)(C)C#N)cc1OC. The Balaban J connectivity index is 3.11. The Morgan fingerprint density at radius 2 is 1.74 bits per heavy atom. The number of nitriles is 1. The van der Waals surface area contributed by atoms with Crippen molar-refractivity contribution in [1.29, 1.82) is 5.26 Å². The van der Waals surface area contributed by atoms with E-state index in [0.717, 1.165) is 17.0 Å². The zero-order valence-electron chi connectivity index (χ0n) is 12.6. The highest BCUT2D eigenvalue weighted by atomic mass is 16.5. The second-order valence-electron chi connectivity index (χ2n) is 5.35. The van der Waals surface area contributed by atoms with E-state index >= 15 is 0 Å². The largest absolute Gasteiger partial charge is 0.493 e. The molecule has 0 bridgehead atoms. The number of ether oxygens (including phenoxy) is 2. The fourth-order valence-electron chi connectivity index (χ4n) is 2.09. The number of rotatable bonds is 5. The predicted molar refractivity (Wildman–Crippen MR) is 76.9 cm³/mol. The Kier molecular flexibility index (Phi) is 4.66. The highest BCUT2D eigenvalue weighted by Gasteiger charge is 2.21. The second-order valence-corrected chi connectivity index (χ2v) is 5.35. The molecule has 1 aromatic carbocycles. The lowest BCUT2D eigenvalue weighted by atomic mass is 9.95. The Labute approximate surface area is 115 Å². The highest BCUT2D eigenvalue weighted by Crippen LogP contribution is 2.35. The lowest BCUT2D eigenvalue weighted by molar-refractivity contribution is 0.354. The maximum absolute atomic E-state index is 9.12. The molecule has 104 valence electrons. The first-order valence-corrected chi connectivity index (χ1v) is 6.19. The van der Waals surface area contributed by atoms with Gasteiger partial charge in [0.1, 0.15) is 0 Å². The van der Waals surface area contributed by atoms with Crippen LogP contribution in [-0.2, 0) is 0 Å². The van der Waals surface area contributed by atoms with Crippen molar-refractivity contribution in [3.05, 3.63) is 17.7 Å². The lowest BCUT2D eigenvalue weighted by Crippen LogP contribution is -2.30. The molecule has 0 fully saturated rings. The summed E-state index contributed by atoms with van der Waals surface area (Å²) in [5.74, 6) is 1.42. The van der Waals surface area contributed by atoms with Crippen molar-refractivity contribution in [2.45, 2.75) is 20.8 Å². The third-order valence-corrected chi connectivity index (χ3v) is 3.05. The van der Waals surface area contributed by atoms with Crippen molar-refractivity contribution in [3.8, 4) is 17.6 Å². The van der Waals surface area contributed by atoms with Crippen molar-refractivity contribution in [2.75, 3.05) is 32.7 Å². The number of methoxy groups -OCH3 is 2. The Morgan fingerprint density at radius 3 is 2.21 bits per heavy atom. The van der Waals surface area contributed by atoms with Crippen LogP contribution >= 0.6 is 0 Å². The van der Waals surface area contributed by atoms with E-state index in [0.29, 0.717) is 12.3 Å². The van der Waals surface area contributed by atoms with Gasteiger partial charge < -0.3 is 14.4 Å². The Morgan fingerprint density at radius 1 is 1.21 bits per heavy atom. The summed E-state index contributed by atoms with van der Waals surface area (Å²) in [5, 5.41) is 9.12. The predicted octanol–water partition coefficient (Wildman–Crippen LogP) is 3.00. The van der Waals surface area contributed by atoms with E-state index in [4.69, 9.17) is 14.7 Å². The number of benzene rings is 1. The van der Waals surface area contributed by atoms with Crippen LogP contribution in [0, 0.1) is 23.7 Å². The van der Waals surface area contributed by atoms with Gasteiger partial charge in [-0.05, 0) is 32.4 Å². The van der Waals surface area contributed by atoms with E-state index in [1.54, 1.807) is 14.2 Å². The second kappa shape index (κ2) is 5.83. The van der Waals surface area contributed by atoms with Crippen LogP contribution in [0.4, 0.5) is 5.69 Å². The van der Waals surface area contributed by atoms with Crippen molar-refractivity contribution >= 4 is 5.69 Å². The van der Waals surface area contributed by atoms with E-state index in [1.807, 2.05) is 40.0 Å². The quantitative estimate of drug-likeness (QED) is 0.818. The van der Waals surface area contributed by atoms with Crippen LogP contribution in [0.5, 0.6) is 11.5 Å². The first-order valence-electron chi connectivity index (χ1n) is 6.19. The molecule has 0 amide bonds. The summed E-state index contributed by atoms with van der Waals surface area (Å²) in [4.78, 5) is 2.07. The molecule has 0 radical (unpaired) electrons. The number of anilines is 1. The molecule has 0 aliphatic rings. The first kappa shape index (κ1) is 15.2. The molecule has 0 atom stereocenters. The van der Waals surface area contributed by atoms with E-state index in [9.17, 15) is 0 Å². The molecule has 0 aromatic heterocycles. The summed E-state index contributed by atoms with van der Waals surface area (Å²) in [5.41, 5.74) is 1.74. The van der Waals surface area contributed by atoms with Crippen LogP contribution in [0.25, 0.3) is 0 Å². The Hall–Kier alpha value is -1.89. The molecular weight excluding hydrogens is 240 g/mol. The molecule has 4 heteroatoms. The van der Waals surface area contributed by atoms with Gasteiger partial charge in [-0.1, -0.05) is 0 Å². The van der Waals surface area contributed by atoms with Gasteiger partial charge in [0.25, 0.3) is 0 Å². The van der Waals surface area contributed by atoms with Crippen molar-refractivity contribution in [2.24, 2.45) is 5.41 Å². The minimum atomic E-state index is -0.394. The number of nitrogens with zero attached hydrogens (tertiary/aromatic N) is 2. The van der Waals surface area contributed by atoms with E-state index in [2.05, 4.69) is 11.0 Å². The summed E-state index contributed by atoms with van der Waals surface area (Å²) in [7, 11) is 5.23. The third kappa shape index (κ3) is 3.54. The standard InChI is InChI=1S/C15H22N2O2/c1-11-7-13(18-5)14(19-6)8-12(11)17(4)10-15(2,3)9-16/h7-8H,10H2,1-6H3. The van der Waals surface area contributed by atoms with Gasteiger partial charge in [0.05, 0.1) is 25.7 Å². The Bertz CT molecular complexity index is 490. The highest BCUT2D eigenvalue weighted by molar-refractivity contribution is 5.61. The molecule has 0 saturated heterocycles. The van der Waals surface area contributed by atoms with Crippen molar-refractivity contribution < 1.29 is 9.47 Å². The van der Waals surface area contributed by atoms with Gasteiger partial charge in [-0.2, -0.15) is 5.26 Å². The maximum Gasteiger partial charge on any atom is 0.162 e. The third-order valence-electron chi connectivity index (χ3n) is 3.05. The molecule has 0 aliphatic heterocycles. The first-order chi connectivity index (χ1) is 8.84. The molecule has 0 aliphatic carbocycles. The van der Waals surface area contributed by atoms with Gasteiger partial charge >= 0.3 is 0 Å². The molecule has 1 rings (SSSR count). The van der Waals surface area contributed by atoms with Gasteiger partial charge in [0, 0.05) is 25.3 Å². The molecule has 0 heterocycles. The van der Waals surface area contributed by atoms with Crippen molar-refractivity contribution in [1.82, 2.24) is 0 Å². The van der Waals surface area contributed by atoms with Gasteiger partial charge in [0.2, 0.25) is 0 Å². The summed E-state index contributed by atoms with van der Waals surface area (Å²) in [6.45, 7) is 6.53. The molecule has 0 N–H and O–H groups in total. The molecule has 0 saturated carbocycles. The zero-order valence-corrected chi connectivity index (χ0v) is 12.6. The number of hydrogen-bond acceptors (Lipinski definition) is 4. The minimum Gasteiger partial charge on any atom is -0.493 e. The maximum atomic E-state index is 9.12. The van der Waals surface area contributed by atoms with Crippen LogP contribution in [0.3, 0.4) is 0 Å². The van der Waals surface area contributed by atoms with E-state index in [-0.39, 0.29) is 0 Å². The van der Waals surface area contributed by atoms with Crippen LogP contribution in [0.2, 0.25) is 0 Å². The van der Waals surface area contributed by atoms with Crippen LogP contribution < -0.4 is 14.4 Å². The fraction of sp³-hybridized carbons (Fsp3) is 0.533. The smallest absolute Gasteiger partial charge is 0.162 e. The average Bonchev–Trinajstić information content (AvgIpc) is 2.37. The normalized spacial score (nSPS) is 10.8.